The topological polar surface area (TPSA) is 25.2 Å². The highest BCUT2D eigenvalue weighted by Crippen LogP contribution is 2.15. The first-order valence-electron chi connectivity index (χ1n) is 5.54. The lowest BCUT2D eigenvalue weighted by atomic mass is 10.2. The van der Waals surface area contributed by atoms with Gasteiger partial charge in [0.15, 0.2) is 0 Å². The normalized spacial score (nSPS) is 12.9. The fourth-order valence-corrected chi connectivity index (χ4v) is 2.51. The summed E-state index contributed by atoms with van der Waals surface area (Å²) in [6, 6.07) is 6.56. The summed E-state index contributed by atoms with van der Waals surface area (Å²) in [4.78, 5) is 1.42. The number of hydrogen-bond acceptors (Lipinski definition) is 3. The quantitative estimate of drug-likeness (QED) is 0.859. The molecule has 3 heteroatoms. The zero-order valence-corrected chi connectivity index (χ0v) is 10.5. The minimum Gasteiger partial charge on any atom is -0.469 e. The summed E-state index contributed by atoms with van der Waals surface area (Å²) in [5.41, 5.74) is 1.38. The van der Waals surface area contributed by atoms with Crippen LogP contribution in [0.15, 0.2) is 34.3 Å². The van der Waals surface area contributed by atoms with Crippen molar-refractivity contribution >= 4 is 11.3 Å². The van der Waals surface area contributed by atoms with Crippen molar-refractivity contribution in [3.8, 4) is 0 Å². The van der Waals surface area contributed by atoms with Crippen LogP contribution >= 0.6 is 11.3 Å². The maximum Gasteiger partial charge on any atom is 0.105 e. The van der Waals surface area contributed by atoms with E-state index in [1.807, 2.05) is 23.5 Å². The zero-order valence-electron chi connectivity index (χ0n) is 9.69. The maximum absolute atomic E-state index is 5.33. The Hall–Kier alpha value is -1.06. The molecule has 0 saturated carbocycles. The van der Waals surface area contributed by atoms with Gasteiger partial charge in [-0.3, -0.25) is 0 Å². The second kappa shape index (κ2) is 5.32. The molecule has 0 aliphatic heterocycles. The maximum atomic E-state index is 5.33. The highest BCUT2D eigenvalue weighted by atomic mass is 32.1. The smallest absolute Gasteiger partial charge is 0.105 e. The van der Waals surface area contributed by atoms with E-state index in [-0.39, 0.29) is 0 Å². The third-order valence-electron chi connectivity index (χ3n) is 2.67. The Morgan fingerprint density at radius 2 is 2.31 bits per heavy atom. The lowest BCUT2D eigenvalue weighted by Crippen LogP contribution is -2.27. The van der Waals surface area contributed by atoms with E-state index in [0.29, 0.717) is 6.04 Å². The van der Waals surface area contributed by atoms with Crippen molar-refractivity contribution in [2.75, 3.05) is 0 Å². The van der Waals surface area contributed by atoms with Crippen LogP contribution in [0.3, 0.4) is 0 Å². The monoisotopic (exact) mass is 235 g/mol. The molecule has 0 amide bonds. The van der Waals surface area contributed by atoms with Gasteiger partial charge in [0.2, 0.25) is 0 Å². The Balaban J connectivity index is 1.80. The molecular weight excluding hydrogens is 218 g/mol. The number of hydrogen-bond donors (Lipinski definition) is 1. The summed E-state index contributed by atoms with van der Waals surface area (Å²) in [5.74, 6) is 1.04. The SMILES string of the molecule is Cc1ccsc1CNC(C)Cc1ccco1. The molecule has 2 aromatic heterocycles. The molecule has 0 aliphatic carbocycles. The first-order valence-corrected chi connectivity index (χ1v) is 6.42. The van der Waals surface area contributed by atoms with Gasteiger partial charge in [-0.05, 0) is 43.0 Å². The van der Waals surface area contributed by atoms with Crippen molar-refractivity contribution in [3.05, 3.63) is 46.0 Å². The fraction of sp³-hybridized carbons (Fsp3) is 0.385. The van der Waals surface area contributed by atoms with Crippen molar-refractivity contribution in [3.63, 3.8) is 0 Å². The van der Waals surface area contributed by atoms with Crippen LogP contribution in [-0.4, -0.2) is 6.04 Å². The second-order valence-electron chi connectivity index (χ2n) is 4.09. The molecule has 2 heterocycles. The number of aryl methyl sites for hydroxylation is 1. The van der Waals surface area contributed by atoms with E-state index in [9.17, 15) is 0 Å². The molecule has 0 aromatic carbocycles. The predicted octanol–water partition coefficient (Wildman–Crippen LogP) is 3.37. The molecule has 0 radical (unpaired) electrons. The van der Waals surface area contributed by atoms with Gasteiger partial charge in [-0.25, -0.2) is 0 Å². The first-order chi connectivity index (χ1) is 7.75. The first kappa shape index (κ1) is 11.4. The van der Waals surface area contributed by atoms with E-state index < -0.39 is 0 Å². The second-order valence-corrected chi connectivity index (χ2v) is 5.09. The van der Waals surface area contributed by atoms with Crippen LogP contribution in [0.5, 0.6) is 0 Å². The van der Waals surface area contributed by atoms with E-state index in [2.05, 4.69) is 30.6 Å². The Bertz CT molecular complexity index is 419. The summed E-state index contributed by atoms with van der Waals surface area (Å²) in [6.45, 7) is 5.29. The fourth-order valence-electron chi connectivity index (χ4n) is 1.65. The van der Waals surface area contributed by atoms with Gasteiger partial charge in [-0.2, -0.15) is 0 Å². The van der Waals surface area contributed by atoms with Crippen molar-refractivity contribution in [2.24, 2.45) is 0 Å². The Morgan fingerprint density at radius 3 is 2.94 bits per heavy atom. The molecule has 16 heavy (non-hydrogen) atoms. The minimum atomic E-state index is 0.438. The van der Waals surface area contributed by atoms with Crippen LogP contribution < -0.4 is 5.32 Å². The molecule has 2 rings (SSSR count). The molecule has 1 unspecified atom stereocenters. The molecule has 2 nitrogen and oxygen atoms in total. The van der Waals surface area contributed by atoms with E-state index in [1.165, 1.54) is 10.4 Å². The Kier molecular flexibility index (Phi) is 3.80. The molecule has 86 valence electrons. The van der Waals surface area contributed by atoms with Crippen LogP contribution in [-0.2, 0) is 13.0 Å². The number of thiophene rings is 1. The van der Waals surface area contributed by atoms with Gasteiger partial charge in [-0.1, -0.05) is 0 Å². The van der Waals surface area contributed by atoms with Crippen LogP contribution in [0.1, 0.15) is 23.1 Å². The van der Waals surface area contributed by atoms with Crippen molar-refractivity contribution in [1.82, 2.24) is 5.32 Å². The molecule has 0 bridgehead atoms. The van der Waals surface area contributed by atoms with Crippen molar-refractivity contribution < 1.29 is 4.42 Å². The van der Waals surface area contributed by atoms with Crippen LogP contribution in [0, 0.1) is 6.92 Å². The number of rotatable bonds is 5. The summed E-state index contributed by atoms with van der Waals surface area (Å²) in [7, 11) is 0. The Morgan fingerprint density at radius 1 is 1.44 bits per heavy atom. The predicted molar refractivity (Wildman–Crippen MR) is 67.8 cm³/mol. The average Bonchev–Trinajstić information content (AvgIpc) is 2.87. The van der Waals surface area contributed by atoms with Gasteiger partial charge >= 0.3 is 0 Å². The lowest BCUT2D eigenvalue weighted by molar-refractivity contribution is 0.457. The summed E-state index contributed by atoms with van der Waals surface area (Å²) in [6.07, 6.45) is 2.67. The summed E-state index contributed by atoms with van der Waals surface area (Å²) in [5, 5.41) is 5.66. The van der Waals surface area contributed by atoms with Gasteiger partial charge in [0.1, 0.15) is 5.76 Å². The zero-order chi connectivity index (χ0) is 11.4. The molecule has 0 aliphatic rings. The third-order valence-corrected chi connectivity index (χ3v) is 3.69. The standard InChI is InChI=1S/C13H17NOS/c1-10-5-7-16-13(10)9-14-11(2)8-12-4-3-6-15-12/h3-7,11,14H,8-9H2,1-2H3. The molecule has 2 aromatic rings. The van der Waals surface area contributed by atoms with E-state index in [0.717, 1.165) is 18.7 Å². The Labute approximate surface area is 100 Å². The largest absolute Gasteiger partial charge is 0.469 e. The van der Waals surface area contributed by atoms with E-state index >= 15 is 0 Å². The molecule has 1 atom stereocenters. The lowest BCUT2D eigenvalue weighted by Gasteiger charge is -2.11. The number of furan rings is 1. The van der Waals surface area contributed by atoms with Gasteiger partial charge in [0, 0.05) is 23.9 Å². The molecule has 0 fully saturated rings. The molecule has 0 saturated heterocycles. The summed E-state index contributed by atoms with van der Waals surface area (Å²) < 4.78 is 5.33. The van der Waals surface area contributed by atoms with Crippen LogP contribution in [0.2, 0.25) is 0 Å². The van der Waals surface area contributed by atoms with Crippen molar-refractivity contribution in [1.29, 1.82) is 0 Å². The van der Waals surface area contributed by atoms with E-state index in [1.54, 1.807) is 6.26 Å². The van der Waals surface area contributed by atoms with Crippen LogP contribution in [0.25, 0.3) is 0 Å². The highest BCUT2D eigenvalue weighted by Gasteiger charge is 2.06. The molecule has 0 spiro atoms. The number of nitrogens with one attached hydrogen (secondary N) is 1. The minimum absolute atomic E-state index is 0.438. The van der Waals surface area contributed by atoms with Gasteiger partial charge < -0.3 is 9.73 Å². The van der Waals surface area contributed by atoms with Crippen molar-refractivity contribution in [2.45, 2.75) is 32.9 Å². The van der Waals surface area contributed by atoms with Gasteiger partial charge in [-0.15, -0.1) is 11.3 Å². The van der Waals surface area contributed by atoms with E-state index in [4.69, 9.17) is 4.42 Å². The van der Waals surface area contributed by atoms with Gasteiger partial charge in [0.05, 0.1) is 6.26 Å². The van der Waals surface area contributed by atoms with Gasteiger partial charge in [0.25, 0.3) is 0 Å². The highest BCUT2D eigenvalue weighted by molar-refractivity contribution is 7.10. The molecular formula is C13H17NOS. The average molecular weight is 235 g/mol. The van der Waals surface area contributed by atoms with Crippen LogP contribution in [0.4, 0.5) is 0 Å². The summed E-state index contributed by atoms with van der Waals surface area (Å²) >= 11 is 1.81. The third kappa shape index (κ3) is 2.97. The molecule has 1 N–H and O–H groups in total.